The molecule has 2 saturated heterocycles. The van der Waals surface area contributed by atoms with Gasteiger partial charge in [0.1, 0.15) is 9.88 Å². The Kier molecular flexibility index (Phi) is 3.51. The van der Waals surface area contributed by atoms with Gasteiger partial charge in [-0.2, -0.15) is 0 Å². The normalized spacial score (nSPS) is 30.9. The van der Waals surface area contributed by atoms with Crippen molar-refractivity contribution in [1.29, 1.82) is 0 Å². The van der Waals surface area contributed by atoms with Crippen LogP contribution in [0, 0.1) is 11.3 Å². The van der Waals surface area contributed by atoms with Crippen LogP contribution < -0.4 is 0 Å². The van der Waals surface area contributed by atoms with Crippen molar-refractivity contribution in [2.75, 3.05) is 19.8 Å². The van der Waals surface area contributed by atoms with Crippen LogP contribution in [-0.2, 0) is 9.47 Å². The minimum absolute atomic E-state index is 0.129. The number of aromatic nitrogens is 1. The summed E-state index contributed by atoms with van der Waals surface area (Å²) in [6.07, 6.45) is 4.92. The Morgan fingerprint density at radius 3 is 2.91 bits per heavy atom. The van der Waals surface area contributed by atoms with E-state index in [0.29, 0.717) is 30.1 Å². The zero-order valence-corrected chi connectivity index (χ0v) is 13.9. The molecule has 2 aliphatic heterocycles. The largest absolute Gasteiger partial charge is 0.344 e. The fourth-order valence-electron chi connectivity index (χ4n) is 4.26. The molecule has 6 heteroatoms. The van der Waals surface area contributed by atoms with Gasteiger partial charge in [-0.25, -0.2) is 4.98 Å². The van der Waals surface area contributed by atoms with Crippen LogP contribution in [0.25, 0.3) is 0 Å². The van der Waals surface area contributed by atoms with E-state index in [1.165, 1.54) is 24.2 Å². The molecule has 1 aromatic rings. The summed E-state index contributed by atoms with van der Waals surface area (Å²) in [5.41, 5.74) is 0.224. The Hall–Kier alpha value is -0.980. The Balaban J connectivity index is 1.54. The first-order valence-electron chi connectivity index (χ1n) is 8.06. The Bertz CT molecular complexity index is 580. The predicted molar refractivity (Wildman–Crippen MR) is 82.7 cm³/mol. The molecule has 0 aromatic carbocycles. The molecule has 0 radical (unpaired) electrons. The van der Waals surface area contributed by atoms with Gasteiger partial charge in [0.15, 0.2) is 0 Å². The molecule has 0 spiro atoms. The van der Waals surface area contributed by atoms with E-state index in [1.54, 1.807) is 6.20 Å². The number of ether oxygens (including phenoxy) is 2. The third-order valence-corrected chi connectivity index (χ3v) is 6.29. The van der Waals surface area contributed by atoms with E-state index in [2.05, 4.69) is 23.7 Å². The third-order valence-electron chi connectivity index (χ3n) is 5.28. The van der Waals surface area contributed by atoms with Crippen molar-refractivity contribution in [2.24, 2.45) is 11.3 Å². The van der Waals surface area contributed by atoms with Gasteiger partial charge in [-0.1, -0.05) is 20.3 Å². The number of hydrogen-bond donors (Lipinski definition) is 0. The summed E-state index contributed by atoms with van der Waals surface area (Å²) in [4.78, 5) is 20.0. The lowest BCUT2D eigenvalue weighted by atomic mass is 9.80. The third kappa shape index (κ3) is 2.28. The lowest BCUT2D eigenvalue weighted by Crippen LogP contribution is -2.35. The summed E-state index contributed by atoms with van der Waals surface area (Å²) in [5.74, 6) is 0.773. The number of thiazole rings is 1. The van der Waals surface area contributed by atoms with Gasteiger partial charge < -0.3 is 14.4 Å². The monoisotopic (exact) mass is 322 g/mol. The van der Waals surface area contributed by atoms with Gasteiger partial charge >= 0.3 is 0 Å². The maximum absolute atomic E-state index is 12.9. The molecule has 1 amide bonds. The SMILES string of the molecule is CC1(C)CN(C(=O)c2cnc(C3OCCO3)s2)[C@H]2CCC[C@@H]21. The highest BCUT2D eigenvalue weighted by Gasteiger charge is 2.50. The molecule has 0 N–H and O–H groups in total. The molecule has 3 fully saturated rings. The van der Waals surface area contributed by atoms with Crippen molar-refractivity contribution < 1.29 is 14.3 Å². The summed E-state index contributed by atoms with van der Waals surface area (Å²) < 4.78 is 10.9. The molecule has 1 aromatic heterocycles. The lowest BCUT2D eigenvalue weighted by molar-refractivity contribution is -0.0442. The molecule has 5 nitrogen and oxygen atoms in total. The first-order chi connectivity index (χ1) is 10.6. The van der Waals surface area contributed by atoms with Crippen molar-refractivity contribution in [3.63, 3.8) is 0 Å². The van der Waals surface area contributed by atoms with Crippen LogP contribution in [0.3, 0.4) is 0 Å². The molecule has 120 valence electrons. The number of fused-ring (bicyclic) bond motifs is 1. The van der Waals surface area contributed by atoms with Gasteiger partial charge in [-0.15, -0.1) is 11.3 Å². The molecule has 1 aliphatic carbocycles. The highest BCUT2D eigenvalue weighted by molar-refractivity contribution is 7.13. The van der Waals surface area contributed by atoms with Crippen molar-refractivity contribution >= 4 is 17.2 Å². The highest BCUT2D eigenvalue weighted by Crippen LogP contribution is 2.49. The molecule has 0 bridgehead atoms. The molecular weight excluding hydrogens is 300 g/mol. The molecule has 0 unspecified atom stereocenters. The molecule has 3 heterocycles. The van der Waals surface area contributed by atoms with E-state index in [4.69, 9.17) is 9.47 Å². The van der Waals surface area contributed by atoms with E-state index in [1.807, 2.05) is 0 Å². The average molecular weight is 322 g/mol. The zero-order chi connectivity index (χ0) is 15.3. The summed E-state index contributed by atoms with van der Waals surface area (Å²) in [5, 5.41) is 0.752. The second-order valence-electron chi connectivity index (χ2n) is 7.16. The van der Waals surface area contributed by atoms with E-state index < -0.39 is 0 Å². The molecule has 2 atom stereocenters. The predicted octanol–water partition coefficient (Wildman–Crippen LogP) is 2.84. The van der Waals surface area contributed by atoms with Crippen LogP contribution in [0.1, 0.15) is 54.1 Å². The van der Waals surface area contributed by atoms with Gasteiger partial charge in [0.25, 0.3) is 5.91 Å². The first kappa shape index (κ1) is 14.6. The smallest absolute Gasteiger partial charge is 0.265 e. The minimum Gasteiger partial charge on any atom is -0.344 e. The maximum atomic E-state index is 12.9. The lowest BCUT2D eigenvalue weighted by Gasteiger charge is -2.23. The van der Waals surface area contributed by atoms with Crippen LogP contribution in [0.2, 0.25) is 0 Å². The number of amides is 1. The van der Waals surface area contributed by atoms with Gasteiger partial charge in [0, 0.05) is 12.6 Å². The Labute approximate surface area is 134 Å². The van der Waals surface area contributed by atoms with Crippen LogP contribution in [-0.4, -0.2) is 41.6 Å². The second kappa shape index (κ2) is 5.28. The van der Waals surface area contributed by atoms with E-state index in [9.17, 15) is 4.79 Å². The van der Waals surface area contributed by atoms with Crippen molar-refractivity contribution in [2.45, 2.75) is 45.4 Å². The van der Waals surface area contributed by atoms with Gasteiger partial charge in [-0.05, 0) is 24.2 Å². The van der Waals surface area contributed by atoms with Crippen molar-refractivity contribution in [3.8, 4) is 0 Å². The van der Waals surface area contributed by atoms with E-state index in [0.717, 1.165) is 18.0 Å². The summed E-state index contributed by atoms with van der Waals surface area (Å²) in [7, 11) is 0. The summed E-state index contributed by atoms with van der Waals surface area (Å²) >= 11 is 1.41. The van der Waals surface area contributed by atoms with Crippen molar-refractivity contribution in [1.82, 2.24) is 9.88 Å². The van der Waals surface area contributed by atoms with Crippen LogP contribution >= 0.6 is 11.3 Å². The number of carbonyl (C=O) groups excluding carboxylic acids is 1. The van der Waals surface area contributed by atoms with Crippen LogP contribution in [0.4, 0.5) is 0 Å². The fourth-order valence-corrected chi connectivity index (χ4v) is 5.13. The van der Waals surface area contributed by atoms with E-state index >= 15 is 0 Å². The molecule has 4 rings (SSSR count). The zero-order valence-electron chi connectivity index (χ0n) is 13.1. The summed E-state index contributed by atoms with van der Waals surface area (Å²) in [6, 6.07) is 0.409. The fraction of sp³-hybridized carbons (Fsp3) is 0.750. The van der Waals surface area contributed by atoms with Crippen LogP contribution in [0.5, 0.6) is 0 Å². The Morgan fingerprint density at radius 2 is 2.14 bits per heavy atom. The minimum atomic E-state index is -0.388. The Morgan fingerprint density at radius 1 is 1.36 bits per heavy atom. The average Bonchev–Trinajstić information content (AvgIpc) is 3.25. The number of likely N-dealkylation sites (tertiary alicyclic amines) is 1. The molecule has 3 aliphatic rings. The number of carbonyl (C=O) groups is 1. The standard InChI is InChI=1S/C16H22N2O3S/c1-16(2)9-18(11-5-3-4-10(11)16)14(19)12-8-17-13(22-12)15-20-6-7-21-15/h8,10-11,15H,3-7,9H2,1-2H3/t10-,11-/m0/s1. The molecular formula is C16H22N2O3S. The molecule has 22 heavy (non-hydrogen) atoms. The maximum Gasteiger partial charge on any atom is 0.265 e. The van der Waals surface area contributed by atoms with E-state index in [-0.39, 0.29) is 17.6 Å². The molecule has 1 saturated carbocycles. The topological polar surface area (TPSA) is 51.7 Å². The number of rotatable bonds is 2. The van der Waals surface area contributed by atoms with Gasteiger partial charge in [0.2, 0.25) is 6.29 Å². The number of nitrogens with zero attached hydrogens (tertiary/aromatic N) is 2. The van der Waals surface area contributed by atoms with Gasteiger partial charge in [0.05, 0.1) is 19.4 Å². The van der Waals surface area contributed by atoms with Gasteiger partial charge in [-0.3, -0.25) is 4.79 Å². The first-order valence-corrected chi connectivity index (χ1v) is 8.88. The number of hydrogen-bond acceptors (Lipinski definition) is 5. The second-order valence-corrected chi connectivity index (χ2v) is 8.22. The quantitative estimate of drug-likeness (QED) is 0.840. The summed E-state index contributed by atoms with van der Waals surface area (Å²) in [6.45, 7) is 6.63. The van der Waals surface area contributed by atoms with Crippen LogP contribution in [0.15, 0.2) is 6.20 Å². The van der Waals surface area contributed by atoms with Crippen molar-refractivity contribution in [3.05, 3.63) is 16.1 Å². The highest BCUT2D eigenvalue weighted by atomic mass is 32.1.